The lowest BCUT2D eigenvalue weighted by atomic mass is 10.1. The highest BCUT2D eigenvalue weighted by Gasteiger charge is 2.19. The number of benzene rings is 2. The van der Waals surface area contributed by atoms with E-state index < -0.39 is 27.5 Å². The molecule has 140 valence electrons. The number of carbonyl (C=O) groups is 1. The van der Waals surface area contributed by atoms with E-state index in [0.29, 0.717) is 16.3 Å². The molecule has 0 aliphatic carbocycles. The molecule has 1 amide bonds. The van der Waals surface area contributed by atoms with Crippen molar-refractivity contribution in [3.63, 3.8) is 0 Å². The van der Waals surface area contributed by atoms with E-state index in [-0.39, 0.29) is 11.6 Å². The fourth-order valence-corrected chi connectivity index (χ4v) is 2.76. The van der Waals surface area contributed by atoms with Gasteiger partial charge in [0.25, 0.3) is 5.91 Å². The largest absolute Gasteiger partial charge is 0.489 e. The van der Waals surface area contributed by atoms with Gasteiger partial charge in [-0.25, -0.2) is 13.8 Å². The number of rotatable bonds is 6. The molecule has 0 bridgehead atoms. The van der Waals surface area contributed by atoms with Crippen LogP contribution < -0.4 is 14.2 Å². The molecular formula is C16H15Cl2FN2O4S. The Hall–Kier alpha value is -1.87. The van der Waals surface area contributed by atoms with Crippen molar-refractivity contribution >= 4 is 39.3 Å². The van der Waals surface area contributed by atoms with Crippen molar-refractivity contribution in [1.29, 1.82) is 0 Å². The number of hydrogen-bond acceptors (Lipinski definition) is 4. The number of carbonyl (C=O) groups excluding carboxylic acids is 1. The second kappa shape index (κ2) is 8.22. The Morgan fingerprint density at radius 1 is 1.19 bits per heavy atom. The number of ether oxygens (including phenoxy) is 1. The third-order valence-electron chi connectivity index (χ3n) is 3.40. The van der Waals surface area contributed by atoms with Crippen LogP contribution in [0, 0.1) is 12.7 Å². The fourth-order valence-electron chi connectivity index (χ4n) is 1.97. The van der Waals surface area contributed by atoms with Gasteiger partial charge in [-0.1, -0.05) is 23.2 Å². The van der Waals surface area contributed by atoms with Crippen LogP contribution in [0.2, 0.25) is 10.0 Å². The first-order valence-electron chi connectivity index (χ1n) is 7.25. The zero-order chi connectivity index (χ0) is 19.5. The maximum atomic E-state index is 14.2. The minimum absolute atomic E-state index is 0.0481. The zero-order valence-electron chi connectivity index (χ0n) is 13.8. The first-order valence-corrected chi connectivity index (χ1v) is 9.49. The Morgan fingerprint density at radius 2 is 1.88 bits per heavy atom. The highest BCUT2D eigenvalue weighted by Crippen LogP contribution is 2.25. The van der Waals surface area contributed by atoms with Gasteiger partial charge in [-0.2, -0.15) is 8.42 Å². The molecule has 0 fully saturated rings. The van der Waals surface area contributed by atoms with E-state index in [1.165, 1.54) is 0 Å². The SMILES string of the molecule is CNS(=O)(=O)NC(=O)c1cc(Cl)c(COc2ccc(Cl)c(C)c2)cc1F. The molecule has 0 heterocycles. The van der Waals surface area contributed by atoms with Crippen molar-refractivity contribution in [2.24, 2.45) is 0 Å². The van der Waals surface area contributed by atoms with Crippen LogP contribution in [-0.4, -0.2) is 21.4 Å². The summed E-state index contributed by atoms with van der Waals surface area (Å²) >= 11 is 12.0. The summed E-state index contributed by atoms with van der Waals surface area (Å²) in [5.74, 6) is -1.55. The minimum Gasteiger partial charge on any atom is -0.489 e. The molecular weight excluding hydrogens is 406 g/mol. The molecule has 0 aliphatic heterocycles. The third-order valence-corrected chi connectivity index (χ3v) is 5.17. The predicted octanol–water partition coefficient (Wildman–Crippen LogP) is 3.21. The molecule has 2 aromatic rings. The molecule has 0 aromatic heterocycles. The van der Waals surface area contributed by atoms with Gasteiger partial charge in [0.1, 0.15) is 18.2 Å². The summed E-state index contributed by atoms with van der Waals surface area (Å²) in [6, 6.07) is 7.11. The summed E-state index contributed by atoms with van der Waals surface area (Å²) in [5, 5.41) is 0.650. The second-order valence-electron chi connectivity index (χ2n) is 5.26. The third kappa shape index (κ3) is 5.07. The monoisotopic (exact) mass is 420 g/mol. The number of nitrogens with one attached hydrogen (secondary N) is 2. The second-order valence-corrected chi connectivity index (χ2v) is 7.70. The summed E-state index contributed by atoms with van der Waals surface area (Å²) in [6.07, 6.45) is 0. The van der Waals surface area contributed by atoms with Gasteiger partial charge in [-0.3, -0.25) is 4.79 Å². The van der Waals surface area contributed by atoms with Crippen LogP contribution in [0.1, 0.15) is 21.5 Å². The Bertz CT molecular complexity index is 952. The first kappa shape index (κ1) is 20.4. The van der Waals surface area contributed by atoms with Gasteiger partial charge in [0.2, 0.25) is 0 Å². The molecule has 0 radical (unpaired) electrons. The van der Waals surface area contributed by atoms with Crippen LogP contribution in [0.4, 0.5) is 4.39 Å². The summed E-state index contributed by atoms with van der Waals surface area (Å²) < 4.78 is 45.9. The highest BCUT2D eigenvalue weighted by atomic mass is 35.5. The van der Waals surface area contributed by atoms with Crippen molar-refractivity contribution in [3.05, 3.63) is 62.9 Å². The van der Waals surface area contributed by atoms with Crippen LogP contribution in [0.3, 0.4) is 0 Å². The van der Waals surface area contributed by atoms with Crippen molar-refractivity contribution in [1.82, 2.24) is 9.44 Å². The molecule has 0 saturated carbocycles. The lowest BCUT2D eigenvalue weighted by Crippen LogP contribution is -2.38. The van der Waals surface area contributed by atoms with Gasteiger partial charge in [-0.15, -0.1) is 0 Å². The molecule has 2 aromatic carbocycles. The van der Waals surface area contributed by atoms with Crippen LogP contribution >= 0.6 is 23.2 Å². The van der Waals surface area contributed by atoms with Crippen LogP contribution in [-0.2, 0) is 16.8 Å². The number of aryl methyl sites for hydroxylation is 1. The minimum atomic E-state index is -4.06. The van der Waals surface area contributed by atoms with E-state index in [1.54, 1.807) is 22.9 Å². The van der Waals surface area contributed by atoms with Crippen molar-refractivity contribution in [2.75, 3.05) is 7.05 Å². The van der Waals surface area contributed by atoms with Gasteiger partial charge in [0.05, 0.1) is 5.56 Å². The van der Waals surface area contributed by atoms with E-state index in [1.807, 2.05) is 11.6 Å². The fraction of sp³-hybridized carbons (Fsp3) is 0.188. The Labute approximate surface area is 160 Å². The number of halogens is 3. The van der Waals surface area contributed by atoms with Crippen molar-refractivity contribution in [3.8, 4) is 5.75 Å². The van der Waals surface area contributed by atoms with Gasteiger partial charge in [-0.05, 0) is 42.8 Å². The standard InChI is InChI=1S/C16H15Cl2FN2O4S/c1-9-5-11(3-4-13(9)17)25-8-10-6-15(19)12(7-14(10)18)16(22)21-26(23,24)20-2/h3-7,20H,8H2,1-2H3,(H,21,22). The maximum absolute atomic E-state index is 14.2. The summed E-state index contributed by atoms with van der Waals surface area (Å²) in [7, 11) is -2.95. The van der Waals surface area contributed by atoms with E-state index in [9.17, 15) is 17.6 Å². The molecule has 2 rings (SSSR count). The molecule has 0 atom stereocenters. The predicted molar refractivity (Wildman–Crippen MR) is 97.4 cm³/mol. The first-order chi connectivity index (χ1) is 12.1. The molecule has 6 nitrogen and oxygen atoms in total. The summed E-state index contributed by atoms with van der Waals surface area (Å²) in [4.78, 5) is 11.9. The summed E-state index contributed by atoms with van der Waals surface area (Å²) in [6.45, 7) is 1.77. The van der Waals surface area contributed by atoms with Gasteiger partial charge >= 0.3 is 10.2 Å². The molecule has 26 heavy (non-hydrogen) atoms. The number of hydrogen-bond donors (Lipinski definition) is 2. The maximum Gasteiger partial charge on any atom is 0.301 e. The van der Waals surface area contributed by atoms with Gasteiger partial charge in [0.15, 0.2) is 0 Å². The average molecular weight is 421 g/mol. The van der Waals surface area contributed by atoms with E-state index in [4.69, 9.17) is 27.9 Å². The Balaban J connectivity index is 2.18. The van der Waals surface area contributed by atoms with E-state index in [0.717, 1.165) is 24.7 Å². The van der Waals surface area contributed by atoms with Crippen molar-refractivity contribution < 1.29 is 22.3 Å². The highest BCUT2D eigenvalue weighted by molar-refractivity contribution is 7.88. The van der Waals surface area contributed by atoms with Gasteiger partial charge in [0, 0.05) is 22.7 Å². The summed E-state index contributed by atoms with van der Waals surface area (Å²) in [5.41, 5.74) is 0.615. The molecule has 2 N–H and O–H groups in total. The normalized spacial score (nSPS) is 11.3. The van der Waals surface area contributed by atoms with E-state index in [2.05, 4.69) is 0 Å². The molecule has 0 aliphatic rings. The lowest BCUT2D eigenvalue weighted by Gasteiger charge is -2.11. The molecule has 10 heteroatoms. The lowest BCUT2D eigenvalue weighted by molar-refractivity contribution is 0.0977. The van der Waals surface area contributed by atoms with E-state index >= 15 is 0 Å². The molecule has 0 spiro atoms. The number of amides is 1. The smallest absolute Gasteiger partial charge is 0.301 e. The van der Waals surface area contributed by atoms with Crippen molar-refractivity contribution in [2.45, 2.75) is 13.5 Å². The van der Waals surface area contributed by atoms with Crippen LogP contribution in [0.5, 0.6) is 5.75 Å². The van der Waals surface area contributed by atoms with Crippen LogP contribution in [0.25, 0.3) is 0 Å². The molecule has 0 saturated heterocycles. The van der Waals surface area contributed by atoms with Gasteiger partial charge < -0.3 is 4.74 Å². The topological polar surface area (TPSA) is 84.5 Å². The average Bonchev–Trinajstić information content (AvgIpc) is 2.57. The van der Waals surface area contributed by atoms with Crippen LogP contribution in [0.15, 0.2) is 30.3 Å². The quantitative estimate of drug-likeness (QED) is 0.751. The molecule has 0 unspecified atom stereocenters. The Kier molecular flexibility index (Phi) is 6.46. The Morgan fingerprint density at radius 3 is 2.50 bits per heavy atom. The zero-order valence-corrected chi connectivity index (χ0v) is 16.1.